The van der Waals surface area contributed by atoms with Crippen molar-refractivity contribution in [3.63, 3.8) is 0 Å². The molecule has 2 rings (SSSR count). The maximum atomic E-state index is 11.1. The van der Waals surface area contributed by atoms with Crippen LogP contribution in [-0.4, -0.2) is 4.69 Å². The number of benzene rings is 2. The lowest BCUT2D eigenvalue weighted by atomic mass is 10.0. The Morgan fingerprint density at radius 2 is 1.53 bits per heavy atom. The molecule has 2 aromatic carbocycles. The maximum Gasteiger partial charge on any atom is 0.228 e. The number of halogens is 1. The Kier molecular flexibility index (Phi) is 2.97. The summed E-state index contributed by atoms with van der Waals surface area (Å²) in [6, 6.07) is 17.6. The number of hydrogen-bond acceptors (Lipinski definition) is 1. The topological polar surface area (TPSA) is 17.1 Å². The fourth-order valence-electron chi connectivity index (χ4n) is 1.45. The number of carbonyl (C=O) groups is 1. The Morgan fingerprint density at radius 1 is 0.867 bits per heavy atom. The molecule has 0 saturated carbocycles. The zero-order chi connectivity index (χ0) is 10.7. The quantitative estimate of drug-likeness (QED) is 0.749. The Bertz CT molecular complexity index is 477. The Balaban J connectivity index is 2.46. The zero-order valence-corrected chi connectivity index (χ0v) is 9.57. The molecule has 0 amide bonds. The summed E-state index contributed by atoms with van der Waals surface area (Å²) in [5.74, 6) is 0. The van der Waals surface area contributed by atoms with Gasteiger partial charge in [0.05, 0.1) is 0 Å². The van der Waals surface area contributed by atoms with E-state index in [9.17, 15) is 4.79 Å². The smallest absolute Gasteiger partial charge is 0.228 e. The third-order valence-electron chi connectivity index (χ3n) is 2.20. The normalized spacial score (nSPS) is 9.93. The second-order valence-corrected chi connectivity index (χ2v) is 3.94. The van der Waals surface area contributed by atoms with Gasteiger partial charge in [-0.2, -0.15) is 0 Å². The van der Waals surface area contributed by atoms with Crippen LogP contribution in [0.4, 0.5) is 0 Å². The molecule has 0 fully saturated rings. The summed E-state index contributed by atoms with van der Waals surface area (Å²) >= 11 is 2.95. The minimum absolute atomic E-state index is 0.0831. The standard InChI is InChI=1S/C13H9BrO/c14-13(15)12-8-4-7-11(9-12)10-5-2-1-3-6-10/h1-9H. The molecule has 1 nitrogen and oxygen atoms in total. The highest BCUT2D eigenvalue weighted by Gasteiger charge is 2.02. The molecule has 74 valence electrons. The van der Waals surface area contributed by atoms with E-state index in [4.69, 9.17) is 0 Å². The number of hydrogen-bond donors (Lipinski definition) is 0. The molecule has 0 aromatic heterocycles. The van der Waals surface area contributed by atoms with E-state index in [2.05, 4.69) is 15.9 Å². The van der Waals surface area contributed by atoms with Crippen molar-refractivity contribution < 1.29 is 4.79 Å². The predicted octanol–water partition coefficient (Wildman–Crippen LogP) is 3.89. The van der Waals surface area contributed by atoms with Crippen LogP contribution >= 0.6 is 15.9 Å². The Labute approximate surface area is 96.9 Å². The number of carbonyl (C=O) groups excluding carboxylic acids is 1. The van der Waals surface area contributed by atoms with E-state index in [1.807, 2.05) is 48.5 Å². The largest absolute Gasteiger partial charge is 0.281 e. The van der Waals surface area contributed by atoms with E-state index in [1.165, 1.54) is 0 Å². The molecule has 15 heavy (non-hydrogen) atoms. The van der Waals surface area contributed by atoms with Crippen molar-refractivity contribution in [1.29, 1.82) is 0 Å². The molecule has 0 N–H and O–H groups in total. The highest BCUT2D eigenvalue weighted by atomic mass is 79.9. The van der Waals surface area contributed by atoms with Gasteiger partial charge in [-0.1, -0.05) is 48.5 Å². The first kappa shape index (κ1) is 10.1. The zero-order valence-electron chi connectivity index (χ0n) is 7.98. The lowest BCUT2D eigenvalue weighted by Gasteiger charge is -2.02. The van der Waals surface area contributed by atoms with Crippen molar-refractivity contribution >= 4 is 20.6 Å². The number of rotatable bonds is 2. The molecule has 0 unspecified atom stereocenters. The van der Waals surface area contributed by atoms with Crippen LogP contribution in [-0.2, 0) is 0 Å². The first-order valence-corrected chi connectivity index (χ1v) is 5.42. The van der Waals surface area contributed by atoms with E-state index >= 15 is 0 Å². The molecule has 2 aromatic rings. The minimum atomic E-state index is -0.0831. The molecule has 0 aliphatic rings. The van der Waals surface area contributed by atoms with Gasteiger partial charge in [0.25, 0.3) is 0 Å². The van der Waals surface area contributed by atoms with Crippen molar-refractivity contribution in [2.24, 2.45) is 0 Å². The molecular formula is C13H9BrO. The van der Waals surface area contributed by atoms with Crippen LogP contribution in [0.3, 0.4) is 0 Å². The average Bonchev–Trinajstić information content (AvgIpc) is 2.30. The van der Waals surface area contributed by atoms with Gasteiger partial charge in [-0.3, -0.25) is 4.79 Å². The highest BCUT2D eigenvalue weighted by Crippen LogP contribution is 2.20. The fraction of sp³-hybridized carbons (Fsp3) is 0. The summed E-state index contributed by atoms with van der Waals surface area (Å²) in [6.07, 6.45) is 0. The first-order chi connectivity index (χ1) is 7.27. The second-order valence-electron chi connectivity index (χ2n) is 3.22. The van der Waals surface area contributed by atoms with Crippen LogP contribution in [0, 0.1) is 0 Å². The van der Waals surface area contributed by atoms with Crippen LogP contribution in [0.2, 0.25) is 0 Å². The molecule has 0 heterocycles. The fourth-order valence-corrected chi connectivity index (χ4v) is 1.70. The summed E-state index contributed by atoms with van der Waals surface area (Å²) in [5.41, 5.74) is 2.85. The van der Waals surface area contributed by atoms with Crippen molar-refractivity contribution in [2.45, 2.75) is 0 Å². The molecule has 0 saturated heterocycles. The summed E-state index contributed by atoms with van der Waals surface area (Å²) in [5, 5.41) is 0. The van der Waals surface area contributed by atoms with Crippen LogP contribution in [0.5, 0.6) is 0 Å². The van der Waals surface area contributed by atoms with Crippen molar-refractivity contribution in [3.05, 3.63) is 60.2 Å². The van der Waals surface area contributed by atoms with Gasteiger partial charge in [-0.05, 0) is 33.1 Å². The third-order valence-corrected chi connectivity index (χ3v) is 2.65. The first-order valence-electron chi connectivity index (χ1n) is 4.63. The van der Waals surface area contributed by atoms with Gasteiger partial charge >= 0.3 is 0 Å². The van der Waals surface area contributed by atoms with Crippen LogP contribution in [0.1, 0.15) is 10.4 Å². The molecule has 0 bridgehead atoms. The molecular weight excluding hydrogens is 252 g/mol. The summed E-state index contributed by atoms with van der Waals surface area (Å²) in [6.45, 7) is 0. The van der Waals surface area contributed by atoms with E-state index in [-0.39, 0.29) is 4.69 Å². The van der Waals surface area contributed by atoms with Crippen LogP contribution in [0.15, 0.2) is 54.6 Å². The minimum Gasteiger partial charge on any atom is -0.281 e. The van der Waals surface area contributed by atoms with Gasteiger partial charge in [0.2, 0.25) is 4.69 Å². The molecule has 0 radical (unpaired) electrons. The van der Waals surface area contributed by atoms with Gasteiger partial charge in [0.1, 0.15) is 0 Å². The van der Waals surface area contributed by atoms with Crippen LogP contribution in [0.25, 0.3) is 11.1 Å². The van der Waals surface area contributed by atoms with E-state index in [1.54, 1.807) is 6.07 Å². The monoisotopic (exact) mass is 260 g/mol. The second kappa shape index (κ2) is 4.41. The predicted molar refractivity (Wildman–Crippen MR) is 65.1 cm³/mol. The van der Waals surface area contributed by atoms with Gasteiger partial charge in [0, 0.05) is 5.56 Å². The van der Waals surface area contributed by atoms with Gasteiger partial charge in [-0.15, -0.1) is 0 Å². The van der Waals surface area contributed by atoms with Gasteiger partial charge in [0.15, 0.2) is 0 Å². The highest BCUT2D eigenvalue weighted by molar-refractivity contribution is 9.18. The molecule has 0 atom stereocenters. The summed E-state index contributed by atoms with van der Waals surface area (Å²) in [4.78, 5) is 11.1. The third kappa shape index (κ3) is 2.34. The molecule has 2 heteroatoms. The Hall–Kier alpha value is -1.41. The Morgan fingerprint density at radius 3 is 2.20 bits per heavy atom. The van der Waals surface area contributed by atoms with Crippen molar-refractivity contribution in [3.8, 4) is 11.1 Å². The lowest BCUT2D eigenvalue weighted by Crippen LogP contribution is -1.88. The van der Waals surface area contributed by atoms with E-state index < -0.39 is 0 Å². The average molecular weight is 261 g/mol. The van der Waals surface area contributed by atoms with Crippen molar-refractivity contribution in [2.75, 3.05) is 0 Å². The molecule has 0 spiro atoms. The van der Waals surface area contributed by atoms with Crippen LogP contribution < -0.4 is 0 Å². The summed E-state index contributed by atoms with van der Waals surface area (Å²) < 4.78 is -0.0831. The summed E-state index contributed by atoms with van der Waals surface area (Å²) in [7, 11) is 0. The molecule has 0 aliphatic carbocycles. The van der Waals surface area contributed by atoms with Gasteiger partial charge in [-0.25, -0.2) is 0 Å². The van der Waals surface area contributed by atoms with Gasteiger partial charge < -0.3 is 0 Å². The maximum absolute atomic E-state index is 11.1. The van der Waals surface area contributed by atoms with Crippen molar-refractivity contribution in [1.82, 2.24) is 0 Å². The van der Waals surface area contributed by atoms with E-state index in [0.29, 0.717) is 5.56 Å². The molecule has 0 aliphatic heterocycles. The van der Waals surface area contributed by atoms with E-state index in [0.717, 1.165) is 11.1 Å². The lowest BCUT2D eigenvalue weighted by molar-refractivity contribution is 0.109. The SMILES string of the molecule is O=C(Br)c1cccc(-c2ccccc2)c1.